The minimum Gasteiger partial charge on any atom is -0.497 e. The number of aromatic amines is 1. The Kier molecular flexibility index (Phi) is 7.65. The van der Waals surface area contributed by atoms with Crippen LogP contribution in [0.5, 0.6) is 5.75 Å². The number of nitrogens with zero attached hydrogens (tertiary/aromatic N) is 6. The van der Waals surface area contributed by atoms with Crippen molar-refractivity contribution < 1.29 is 4.74 Å². The third-order valence-electron chi connectivity index (χ3n) is 7.66. The van der Waals surface area contributed by atoms with E-state index in [4.69, 9.17) is 4.74 Å². The largest absolute Gasteiger partial charge is 0.497 e. The average molecular weight is 536 g/mol. The maximum absolute atomic E-state index is 13.6. The van der Waals surface area contributed by atoms with Crippen LogP contribution in [0.1, 0.15) is 28.6 Å². The molecule has 5 aromatic rings. The predicted octanol–water partition coefficient (Wildman–Crippen LogP) is 3.67. The van der Waals surface area contributed by atoms with E-state index in [9.17, 15) is 4.79 Å². The second-order valence-corrected chi connectivity index (χ2v) is 10.2. The number of nitrogens with one attached hydrogen (secondary N) is 1. The summed E-state index contributed by atoms with van der Waals surface area (Å²) in [6, 6.07) is 28.1. The molecule has 2 aromatic heterocycles. The summed E-state index contributed by atoms with van der Waals surface area (Å²) in [5.74, 6) is 1.42. The highest BCUT2D eigenvalue weighted by Crippen LogP contribution is 2.29. The van der Waals surface area contributed by atoms with Crippen molar-refractivity contribution in [1.82, 2.24) is 35.0 Å². The second-order valence-electron chi connectivity index (χ2n) is 10.2. The quantitative estimate of drug-likeness (QED) is 0.308. The Balaban J connectivity index is 1.32. The first-order valence-corrected chi connectivity index (χ1v) is 13.7. The van der Waals surface area contributed by atoms with Crippen molar-refractivity contribution in [2.24, 2.45) is 0 Å². The molecule has 0 saturated carbocycles. The van der Waals surface area contributed by atoms with E-state index in [2.05, 4.69) is 66.7 Å². The molecular formula is C31H33N7O2. The second kappa shape index (κ2) is 11.8. The van der Waals surface area contributed by atoms with Crippen molar-refractivity contribution in [2.75, 3.05) is 33.3 Å². The zero-order chi connectivity index (χ0) is 27.3. The van der Waals surface area contributed by atoms with Crippen LogP contribution >= 0.6 is 0 Å². The molecule has 1 aliphatic rings. The summed E-state index contributed by atoms with van der Waals surface area (Å²) in [4.78, 5) is 21.4. The molecule has 0 amide bonds. The van der Waals surface area contributed by atoms with E-state index in [-0.39, 0.29) is 11.6 Å². The highest BCUT2D eigenvalue weighted by molar-refractivity contribution is 5.80. The normalized spacial score (nSPS) is 15.3. The fourth-order valence-corrected chi connectivity index (χ4v) is 5.50. The number of aromatic nitrogens is 5. The Hall–Kier alpha value is -4.34. The van der Waals surface area contributed by atoms with E-state index in [1.54, 1.807) is 7.11 Å². The van der Waals surface area contributed by atoms with Crippen LogP contribution in [0.2, 0.25) is 0 Å². The van der Waals surface area contributed by atoms with Crippen LogP contribution in [0.25, 0.3) is 10.9 Å². The zero-order valence-corrected chi connectivity index (χ0v) is 22.6. The van der Waals surface area contributed by atoms with Gasteiger partial charge in [0.1, 0.15) is 11.8 Å². The Morgan fingerprint density at radius 2 is 1.62 bits per heavy atom. The van der Waals surface area contributed by atoms with Gasteiger partial charge in [-0.2, -0.15) is 0 Å². The van der Waals surface area contributed by atoms with Crippen LogP contribution in [0.4, 0.5) is 0 Å². The number of pyridine rings is 1. The fraction of sp³-hybridized carbons (Fsp3) is 0.290. The lowest BCUT2D eigenvalue weighted by atomic mass is 10.0. The molecule has 1 fully saturated rings. The van der Waals surface area contributed by atoms with Gasteiger partial charge in [0.2, 0.25) is 0 Å². The van der Waals surface area contributed by atoms with Gasteiger partial charge in [0.15, 0.2) is 5.82 Å². The summed E-state index contributed by atoms with van der Waals surface area (Å²) in [6.07, 6.45) is 0.793. The molecule has 0 spiro atoms. The van der Waals surface area contributed by atoms with Gasteiger partial charge in [0.25, 0.3) is 5.56 Å². The molecule has 0 radical (unpaired) electrons. The van der Waals surface area contributed by atoms with E-state index in [0.29, 0.717) is 17.9 Å². The summed E-state index contributed by atoms with van der Waals surface area (Å²) in [6.45, 7) is 4.88. The topological polar surface area (TPSA) is 92.2 Å². The number of hydrogen-bond donors (Lipinski definition) is 1. The maximum Gasteiger partial charge on any atom is 0.253 e. The number of methoxy groups -OCH3 is 1. The van der Waals surface area contributed by atoms with Crippen molar-refractivity contribution in [3.05, 3.63) is 118 Å². The molecular weight excluding hydrogens is 502 g/mol. The van der Waals surface area contributed by atoms with Gasteiger partial charge >= 0.3 is 0 Å². The van der Waals surface area contributed by atoms with Crippen LogP contribution in [0.3, 0.4) is 0 Å². The van der Waals surface area contributed by atoms with Crippen molar-refractivity contribution in [3.8, 4) is 5.75 Å². The molecule has 3 aromatic carbocycles. The SMILES string of the molecule is COc1ccc2[nH]c(=O)c([C@@H](c3nnnn3CCc3ccccc3)N3CCN(Cc4ccccc4)CC3)cc2c1. The number of tetrazole rings is 1. The van der Waals surface area contributed by atoms with E-state index in [1.165, 1.54) is 11.1 Å². The number of piperazine rings is 1. The average Bonchev–Trinajstić information content (AvgIpc) is 3.46. The molecule has 0 unspecified atom stereocenters. The van der Waals surface area contributed by atoms with Crippen LogP contribution in [-0.2, 0) is 19.5 Å². The number of fused-ring (bicyclic) bond motifs is 1. The number of aryl methyl sites for hydroxylation is 2. The van der Waals surface area contributed by atoms with Gasteiger partial charge in [-0.3, -0.25) is 14.6 Å². The van der Waals surface area contributed by atoms with Crippen LogP contribution in [-0.4, -0.2) is 68.3 Å². The minimum absolute atomic E-state index is 0.132. The molecule has 0 bridgehead atoms. The first-order chi connectivity index (χ1) is 19.7. The van der Waals surface area contributed by atoms with E-state index < -0.39 is 0 Å². The Morgan fingerprint density at radius 1 is 0.900 bits per heavy atom. The number of ether oxygens (including phenoxy) is 1. The first-order valence-electron chi connectivity index (χ1n) is 13.7. The van der Waals surface area contributed by atoms with Gasteiger partial charge < -0.3 is 9.72 Å². The molecule has 204 valence electrons. The van der Waals surface area contributed by atoms with Gasteiger partial charge in [0, 0.05) is 55.7 Å². The third-order valence-corrected chi connectivity index (χ3v) is 7.66. The third kappa shape index (κ3) is 5.66. The molecule has 1 N–H and O–H groups in total. The molecule has 9 heteroatoms. The minimum atomic E-state index is -0.385. The smallest absolute Gasteiger partial charge is 0.253 e. The van der Waals surface area contributed by atoms with E-state index >= 15 is 0 Å². The van der Waals surface area contributed by atoms with Crippen molar-refractivity contribution in [2.45, 2.75) is 25.6 Å². The summed E-state index contributed by atoms with van der Waals surface area (Å²) in [5.41, 5.74) is 3.78. The molecule has 6 rings (SSSR count). The summed E-state index contributed by atoms with van der Waals surface area (Å²) < 4.78 is 7.30. The van der Waals surface area contributed by atoms with Crippen LogP contribution in [0, 0.1) is 0 Å². The maximum atomic E-state index is 13.6. The Morgan fingerprint density at radius 3 is 2.35 bits per heavy atom. The number of benzene rings is 3. The first kappa shape index (κ1) is 25.9. The standard InChI is InChI=1S/C31H33N7O2/c1-40-26-12-13-28-25(20-26)21-27(31(39)32-28)29(30-33-34-35-38(30)15-14-23-8-4-2-5-9-23)37-18-16-36(17-19-37)22-24-10-6-3-7-11-24/h2-13,20-21,29H,14-19,22H2,1H3,(H,32,39)/t29-/m0/s1. The highest BCUT2D eigenvalue weighted by Gasteiger charge is 2.32. The molecule has 3 heterocycles. The predicted molar refractivity (Wildman–Crippen MR) is 154 cm³/mol. The lowest BCUT2D eigenvalue weighted by molar-refractivity contribution is 0.0996. The summed E-state index contributed by atoms with van der Waals surface area (Å²) >= 11 is 0. The fourth-order valence-electron chi connectivity index (χ4n) is 5.50. The molecule has 1 atom stereocenters. The molecule has 1 saturated heterocycles. The van der Waals surface area contributed by atoms with Gasteiger partial charge in [-0.1, -0.05) is 60.7 Å². The lowest BCUT2D eigenvalue weighted by Gasteiger charge is -2.38. The monoisotopic (exact) mass is 535 g/mol. The molecule has 40 heavy (non-hydrogen) atoms. The lowest BCUT2D eigenvalue weighted by Crippen LogP contribution is -2.48. The van der Waals surface area contributed by atoms with E-state index in [0.717, 1.165) is 55.8 Å². The van der Waals surface area contributed by atoms with E-state index in [1.807, 2.05) is 53.2 Å². The van der Waals surface area contributed by atoms with Gasteiger partial charge in [-0.15, -0.1) is 5.10 Å². The van der Waals surface area contributed by atoms with Gasteiger partial charge in [-0.05, 0) is 52.2 Å². The zero-order valence-electron chi connectivity index (χ0n) is 22.6. The number of H-pyrrole nitrogens is 1. The van der Waals surface area contributed by atoms with Crippen molar-refractivity contribution in [1.29, 1.82) is 0 Å². The number of rotatable bonds is 9. The Labute approximate surface area is 233 Å². The van der Waals surface area contributed by atoms with Crippen molar-refractivity contribution >= 4 is 10.9 Å². The Bertz CT molecular complexity index is 1610. The molecule has 1 aliphatic heterocycles. The summed E-state index contributed by atoms with van der Waals surface area (Å²) in [5, 5.41) is 13.8. The number of hydrogen-bond acceptors (Lipinski definition) is 7. The van der Waals surface area contributed by atoms with Gasteiger partial charge in [-0.25, -0.2) is 4.68 Å². The molecule has 0 aliphatic carbocycles. The summed E-state index contributed by atoms with van der Waals surface area (Å²) in [7, 11) is 1.65. The van der Waals surface area contributed by atoms with Crippen molar-refractivity contribution in [3.63, 3.8) is 0 Å². The van der Waals surface area contributed by atoms with Gasteiger partial charge in [0.05, 0.1) is 7.11 Å². The highest BCUT2D eigenvalue weighted by atomic mass is 16.5. The molecule has 9 nitrogen and oxygen atoms in total. The van der Waals surface area contributed by atoms with Crippen LogP contribution in [0.15, 0.2) is 89.7 Å². The van der Waals surface area contributed by atoms with Crippen LogP contribution < -0.4 is 10.3 Å².